The highest BCUT2D eigenvalue weighted by Crippen LogP contribution is 2.36. The van der Waals surface area contributed by atoms with Gasteiger partial charge < -0.3 is 9.64 Å². The summed E-state index contributed by atoms with van der Waals surface area (Å²) in [6, 6.07) is 5.73. The normalized spacial score (nSPS) is 17.1. The van der Waals surface area contributed by atoms with Gasteiger partial charge in [0, 0.05) is 11.4 Å². The van der Waals surface area contributed by atoms with Crippen molar-refractivity contribution in [1.82, 2.24) is 9.88 Å². The maximum atomic E-state index is 13.9. The fourth-order valence-corrected chi connectivity index (χ4v) is 3.96. The number of likely N-dealkylation sites (tertiary alicyclic amines) is 1. The molecule has 1 aromatic carbocycles. The molecule has 2 aromatic rings. The summed E-state index contributed by atoms with van der Waals surface area (Å²) in [4.78, 5) is 31.2. The smallest absolute Gasteiger partial charge is 0.357 e. The summed E-state index contributed by atoms with van der Waals surface area (Å²) in [6.45, 7) is 2.34. The molecule has 0 radical (unpaired) electrons. The van der Waals surface area contributed by atoms with Crippen LogP contribution in [0.2, 0.25) is 0 Å². The number of esters is 1. The molecule has 0 aliphatic carbocycles. The monoisotopic (exact) mass is 348 g/mol. The minimum atomic E-state index is -0.529. The number of thiazole rings is 1. The molecule has 126 valence electrons. The molecule has 1 amide bonds. The summed E-state index contributed by atoms with van der Waals surface area (Å²) in [6.07, 6.45) is 1.56. The minimum absolute atomic E-state index is 0.0610. The number of methoxy groups -OCH3 is 1. The van der Waals surface area contributed by atoms with Crippen molar-refractivity contribution in [3.63, 3.8) is 0 Å². The van der Waals surface area contributed by atoms with Crippen LogP contribution < -0.4 is 0 Å². The molecule has 2 heterocycles. The van der Waals surface area contributed by atoms with Gasteiger partial charge in [0.2, 0.25) is 0 Å². The van der Waals surface area contributed by atoms with E-state index in [9.17, 15) is 14.0 Å². The molecule has 1 fully saturated rings. The summed E-state index contributed by atoms with van der Waals surface area (Å²) < 4.78 is 18.6. The Hall–Kier alpha value is -2.28. The highest BCUT2D eigenvalue weighted by Gasteiger charge is 2.34. The van der Waals surface area contributed by atoms with Gasteiger partial charge in [-0.25, -0.2) is 14.2 Å². The van der Waals surface area contributed by atoms with Crippen LogP contribution in [0.5, 0.6) is 0 Å². The number of hydrogen-bond acceptors (Lipinski definition) is 5. The van der Waals surface area contributed by atoms with Crippen molar-refractivity contribution in [3.05, 3.63) is 51.2 Å². The van der Waals surface area contributed by atoms with E-state index in [1.807, 2.05) is 0 Å². The molecule has 0 unspecified atom stereocenters. The van der Waals surface area contributed by atoms with Crippen molar-refractivity contribution in [3.8, 4) is 0 Å². The number of ether oxygens (including phenoxy) is 1. The Morgan fingerprint density at radius 3 is 2.83 bits per heavy atom. The standard InChI is InChI=1S/C17H17FN2O3S/c1-10-14(17(22)23-2)19-15(24-10)13-8-5-9-20(13)16(21)11-6-3-4-7-12(11)18/h3-4,6-7,13H,5,8-9H2,1-2H3/t13-/m1/s1. The second-order valence-corrected chi connectivity index (χ2v) is 6.82. The summed E-state index contributed by atoms with van der Waals surface area (Å²) in [5.41, 5.74) is 0.341. The first-order chi connectivity index (χ1) is 11.5. The number of carbonyl (C=O) groups is 2. The molecule has 1 aromatic heterocycles. The van der Waals surface area contributed by atoms with Gasteiger partial charge in [0.1, 0.15) is 10.8 Å². The number of amides is 1. The van der Waals surface area contributed by atoms with Crippen LogP contribution in [0, 0.1) is 12.7 Å². The Kier molecular flexibility index (Phi) is 4.62. The third-order valence-electron chi connectivity index (χ3n) is 4.09. The molecule has 0 bridgehead atoms. The SMILES string of the molecule is COC(=O)c1nc([C@H]2CCCN2C(=O)c2ccccc2F)sc1C. The molecule has 5 nitrogen and oxygen atoms in total. The van der Waals surface area contributed by atoms with Crippen molar-refractivity contribution < 1.29 is 18.7 Å². The van der Waals surface area contributed by atoms with Crippen LogP contribution in [0.15, 0.2) is 24.3 Å². The number of aromatic nitrogens is 1. The van der Waals surface area contributed by atoms with E-state index in [1.54, 1.807) is 24.0 Å². The third kappa shape index (κ3) is 2.91. The molecule has 1 atom stereocenters. The molecular weight excluding hydrogens is 331 g/mol. The molecule has 7 heteroatoms. The van der Waals surface area contributed by atoms with E-state index in [4.69, 9.17) is 4.74 Å². The minimum Gasteiger partial charge on any atom is -0.464 e. The second-order valence-electron chi connectivity index (χ2n) is 5.58. The number of rotatable bonds is 3. The van der Waals surface area contributed by atoms with Crippen molar-refractivity contribution in [2.24, 2.45) is 0 Å². The van der Waals surface area contributed by atoms with Crippen LogP contribution in [-0.2, 0) is 4.74 Å². The summed E-state index contributed by atoms with van der Waals surface area (Å²) in [5, 5.41) is 0.690. The zero-order valence-electron chi connectivity index (χ0n) is 13.4. The zero-order valence-corrected chi connectivity index (χ0v) is 14.2. The number of carbonyl (C=O) groups excluding carboxylic acids is 2. The average molecular weight is 348 g/mol. The zero-order chi connectivity index (χ0) is 17.3. The Labute approximate surface area is 143 Å². The van der Waals surface area contributed by atoms with Crippen molar-refractivity contribution in [1.29, 1.82) is 0 Å². The van der Waals surface area contributed by atoms with E-state index < -0.39 is 11.8 Å². The number of aryl methyl sites for hydroxylation is 1. The molecule has 1 saturated heterocycles. The summed E-state index contributed by atoms with van der Waals surface area (Å²) in [7, 11) is 1.31. The predicted molar refractivity (Wildman–Crippen MR) is 87.6 cm³/mol. The number of nitrogens with zero attached hydrogens (tertiary/aromatic N) is 2. The van der Waals surface area contributed by atoms with Gasteiger partial charge in [-0.05, 0) is 31.9 Å². The lowest BCUT2D eigenvalue weighted by Gasteiger charge is -2.23. The van der Waals surface area contributed by atoms with Crippen molar-refractivity contribution in [2.45, 2.75) is 25.8 Å². The molecule has 1 aliphatic heterocycles. The van der Waals surface area contributed by atoms with Gasteiger partial charge in [-0.1, -0.05) is 12.1 Å². The highest BCUT2D eigenvalue weighted by atomic mass is 32.1. The quantitative estimate of drug-likeness (QED) is 0.798. The molecule has 1 aliphatic rings. The molecule has 0 spiro atoms. The topological polar surface area (TPSA) is 59.5 Å². The molecule has 24 heavy (non-hydrogen) atoms. The van der Waals surface area contributed by atoms with Gasteiger partial charge in [0.15, 0.2) is 5.69 Å². The number of hydrogen-bond donors (Lipinski definition) is 0. The second kappa shape index (κ2) is 6.68. The lowest BCUT2D eigenvalue weighted by atomic mass is 10.1. The van der Waals surface area contributed by atoms with E-state index >= 15 is 0 Å². The van der Waals surface area contributed by atoms with Crippen LogP contribution in [0.4, 0.5) is 4.39 Å². The molecule has 0 N–H and O–H groups in total. The van der Waals surface area contributed by atoms with Gasteiger partial charge in [-0.15, -0.1) is 11.3 Å². The van der Waals surface area contributed by atoms with Gasteiger partial charge in [0.05, 0.1) is 18.7 Å². The van der Waals surface area contributed by atoms with E-state index in [-0.39, 0.29) is 23.2 Å². The van der Waals surface area contributed by atoms with Crippen LogP contribution in [-0.4, -0.2) is 35.4 Å². The van der Waals surface area contributed by atoms with E-state index in [1.165, 1.54) is 30.6 Å². The Morgan fingerprint density at radius 2 is 2.12 bits per heavy atom. The lowest BCUT2D eigenvalue weighted by Crippen LogP contribution is -2.31. The Morgan fingerprint density at radius 1 is 1.38 bits per heavy atom. The summed E-state index contributed by atoms with van der Waals surface area (Å²) in [5.74, 6) is -1.36. The maximum absolute atomic E-state index is 13.9. The highest BCUT2D eigenvalue weighted by molar-refractivity contribution is 7.12. The Balaban J connectivity index is 1.90. The predicted octanol–water partition coefficient (Wildman–Crippen LogP) is 3.35. The fraction of sp³-hybridized carbons (Fsp3) is 0.353. The van der Waals surface area contributed by atoms with Crippen molar-refractivity contribution in [2.75, 3.05) is 13.7 Å². The van der Waals surface area contributed by atoms with Gasteiger partial charge in [-0.2, -0.15) is 0 Å². The lowest BCUT2D eigenvalue weighted by molar-refractivity contribution is 0.0593. The van der Waals surface area contributed by atoms with Gasteiger partial charge in [-0.3, -0.25) is 4.79 Å². The molecular formula is C17H17FN2O3S. The first-order valence-electron chi connectivity index (χ1n) is 7.64. The Bertz CT molecular complexity index is 790. The first-order valence-corrected chi connectivity index (χ1v) is 8.45. The number of halogens is 1. The average Bonchev–Trinajstić information content (AvgIpc) is 3.20. The van der Waals surface area contributed by atoms with Crippen LogP contribution in [0.1, 0.15) is 49.6 Å². The van der Waals surface area contributed by atoms with Crippen molar-refractivity contribution >= 4 is 23.2 Å². The van der Waals surface area contributed by atoms with E-state index in [2.05, 4.69) is 4.98 Å². The van der Waals surface area contributed by atoms with Crippen LogP contribution in [0.3, 0.4) is 0 Å². The maximum Gasteiger partial charge on any atom is 0.357 e. The van der Waals surface area contributed by atoms with Crippen LogP contribution >= 0.6 is 11.3 Å². The largest absolute Gasteiger partial charge is 0.464 e. The first kappa shape index (κ1) is 16.6. The van der Waals surface area contributed by atoms with Gasteiger partial charge >= 0.3 is 5.97 Å². The molecule has 3 rings (SSSR count). The van der Waals surface area contributed by atoms with Crippen LogP contribution in [0.25, 0.3) is 0 Å². The van der Waals surface area contributed by atoms with E-state index in [0.29, 0.717) is 11.6 Å². The van der Waals surface area contributed by atoms with E-state index in [0.717, 1.165) is 17.7 Å². The fourth-order valence-electron chi connectivity index (χ4n) is 2.90. The number of benzene rings is 1. The molecule has 0 saturated carbocycles. The van der Waals surface area contributed by atoms with Gasteiger partial charge in [0.25, 0.3) is 5.91 Å². The summed E-state index contributed by atoms with van der Waals surface area (Å²) >= 11 is 1.38. The third-order valence-corrected chi connectivity index (χ3v) is 5.17.